The Hall–Kier alpha value is 0.640. The van der Waals surface area contributed by atoms with Gasteiger partial charge in [-0.05, 0) is 45.3 Å². The number of hydrogen-bond donors (Lipinski definition) is 0. The van der Waals surface area contributed by atoms with E-state index < -0.39 is 0 Å². The Morgan fingerprint density at radius 2 is 2.44 bits per heavy atom. The predicted molar refractivity (Wildman–Crippen MR) is 47.6 cm³/mol. The molecule has 48 valence electrons. The summed E-state index contributed by atoms with van der Waals surface area (Å²) < 4.78 is 0. The molecule has 1 aliphatic rings. The van der Waals surface area contributed by atoms with Crippen LogP contribution < -0.4 is 0 Å². The van der Waals surface area contributed by atoms with Crippen LogP contribution in [0.25, 0.3) is 0 Å². The van der Waals surface area contributed by atoms with Crippen LogP contribution in [-0.4, -0.2) is 0 Å². The Labute approximate surface area is 60.1 Å². The van der Waals surface area contributed by atoms with Crippen LogP contribution in [0.1, 0.15) is 30.5 Å². The van der Waals surface area contributed by atoms with Crippen LogP contribution >= 0.6 is 23.3 Å². The first-order valence-corrected chi connectivity index (χ1v) is 7.74. The molecule has 9 heavy (non-hydrogen) atoms. The molecule has 3 heteroatoms. The van der Waals surface area contributed by atoms with Gasteiger partial charge in [0.05, 0.1) is 0 Å². The molecule has 1 fully saturated rings. The van der Waals surface area contributed by atoms with Crippen molar-refractivity contribution in [1.82, 2.24) is 0 Å². The van der Waals surface area contributed by atoms with Crippen molar-refractivity contribution in [3.8, 4) is 0 Å². The first-order valence-electron chi connectivity index (χ1n) is 3.33. The summed E-state index contributed by atoms with van der Waals surface area (Å²) in [4.78, 5) is 0. The van der Waals surface area contributed by atoms with Gasteiger partial charge in [-0.1, -0.05) is 6.42 Å². The first-order chi connectivity index (χ1) is 4.47. The fourth-order valence-corrected chi connectivity index (χ4v) is 7.06. The van der Waals surface area contributed by atoms with Gasteiger partial charge in [0.1, 0.15) is 0 Å². The maximum Gasteiger partial charge on any atom is -0.00865 e. The maximum absolute atomic E-state index is 2.48. The highest BCUT2D eigenvalue weighted by molar-refractivity contribution is 8.17. The summed E-state index contributed by atoms with van der Waals surface area (Å²) in [6.07, 6.45) is 4.45. The second kappa shape index (κ2) is 2.71. The quantitative estimate of drug-likeness (QED) is 0.599. The highest BCUT2D eigenvalue weighted by Crippen LogP contribution is 2.47. The van der Waals surface area contributed by atoms with Gasteiger partial charge in [-0.3, -0.25) is 0 Å². The molecule has 0 saturated heterocycles. The standard InChI is InChI=1S/C6H9P3/c1-2-5(3-1)6-4-7-9-8-6/h4-5,7H,1-3H2. The maximum atomic E-state index is 2.48. The van der Waals surface area contributed by atoms with E-state index in [-0.39, 0.29) is 0 Å². The molecule has 1 heterocycles. The summed E-state index contributed by atoms with van der Waals surface area (Å²) in [5.41, 5.74) is 0. The van der Waals surface area contributed by atoms with Gasteiger partial charge in [-0.15, -0.1) is 7.87 Å². The molecule has 2 rings (SSSR count). The molecule has 0 N–H and O–H groups in total. The van der Waals surface area contributed by atoms with E-state index in [2.05, 4.69) is 5.80 Å². The fraction of sp³-hybridized carbons (Fsp3) is 0.667. The first kappa shape index (κ1) is 6.36. The lowest BCUT2D eigenvalue weighted by Crippen LogP contribution is -2.05. The lowest BCUT2D eigenvalue weighted by Gasteiger charge is -2.23. The van der Waals surface area contributed by atoms with Crippen LogP contribution in [-0.2, 0) is 0 Å². The van der Waals surface area contributed by atoms with Crippen molar-refractivity contribution in [2.24, 2.45) is 0 Å². The van der Waals surface area contributed by atoms with Gasteiger partial charge in [0.2, 0.25) is 0 Å². The van der Waals surface area contributed by atoms with Crippen LogP contribution in [0.3, 0.4) is 0 Å². The zero-order chi connectivity index (χ0) is 6.10. The molecule has 0 nitrogen and oxygen atoms in total. The summed E-state index contributed by atoms with van der Waals surface area (Å²) in [7, 11) is 4.39. The minimum atomic E-state index is 1.02. The third kappa shape index (κ3) is 1.22. The Bertz CT molecular complexity index is 176. The van der Waals surface area contributed by atoms with E-state index in [1.54, 1.807) is 20.7 Å². The molecule has 1 aliphatic carbocycles. The average Bonchev–Trinajstić information content (AvgIpc) is 2.11. The van der Waals surface area contributed by atoms with Crippen molar-refractivity contribution in [2.75, 3.05) is 0 Å². The van der Waals surface area contributed by atoms with Crippen LogP contribution in [0.4, 0.5) is 0 Å². The molecule has 1 aromatic rings. The van der Waals surface area contributed by atoms with E-state index in [9.17, 15) is 0 Å². The van der Waals surface area contributed by atoms with Crippen molar-refractivity contribution in [3.05, 3.63) is 11.1 Å². The minimum absolute atomic E-state index is 1.02. The Morgan fingerprint density at radius 1 is 1.56 bits per heavy atom. The molecule has 0 aromatic carbocycles. The Morgan fingerprint density at radius 3 is 2.89 bits per heavy atom. The van der Waals surface area contributed by atoms with E-state index >= 15 is 0 Å². The molecule has 1 aromatic heterocycles. The SMILES string of the molecule is c1[pH]ppc1C1CCC1. The van der Waals surface area contributed by atoms with Crippen molar-refractivity contribution in [3.63, 3.8) is 0 Å². The third-order valence-electron chi connectivity index (χ3n) is 1.96. The topological polar surface area (TPSA) is 0 Å². The molecule has 0 bridgehead atoms. The second-order valence-electron chi connectivity index (χ2n) is 2.53. The Kier molecular flexibility index (Phi) is 1.91. The summed E-state index contributed by atoms with van der Waals surface area (Å²) in [6.45, 7) is 0. The highest BCUT2D eigenvalue weighted by Gasteiger charge is 2.19. The zero-order valence-electron chi connectivity index (χ0n) is 5.17. The molecule has 0 radical (unpaired) electrons. The van der Waals surface area contributed by atoms with Crippen LogP contribution in [0.2, 0.25) is 0 Å². The molecule has 1 saturated carbocycles. The number of hydrogen-bond acceptors (Lipinski definition) is 0. The van der Waals surface area contributed by atoms with Gasteiger partial charge in [-0.25, -0.2) is 0 Å². The van der Waals surface area contributed by atoms with E-state index in [4.69, 9.17) is 0 Å². The highest BCUT2D eigenvalue weighted by atomic mass is 32.1. The van der Waals surface area contributed by atoms with Crippen molar-refractivity contribution >= 4 is 23.3 Å². The van der Waals surface area contributed by atoms with E-state index in [1.807, 2.05) is 0 Å². The summed E-state index contributed by atoms with van der Waals surface area (Å²) in [6, 6.07) is 0. The van der Waals surface area contributed by atoms with E-state index in [0.29, 0.717) is 0 Å². The third-order valence-corrected chi connectivity index (χ3v) is 7.25. The number of rotatable bonds is 1. The normalized spacial score (nSPS) is 22.2. The smallest absolute Gasteiger partial charge is 0.00865 e. The summed E-state index contributed by atoms with van der Waals surface area (Å²) in [5.74, 6) is 3.50. The van der Waals surface area contributed by atoms with E-state index in [0.717, 1.165) is 13.8 Å². The zero-order valence-corrected chi connectivity index (χ0v) is 7.96. The molecule has 1 atom stereocenters. The second-order valence-corrected chi connectivity index (χ2v) is 7.76. The molecular formula is C6H9P3. The summed E-state index contributed by atoms with van der Waals surface area (Å²) in [5, 5.41) is 1.77. The van der Waals surface area contributed by atoms with Gasteiger partial charge in [0.15, 0.2) is 0 Å². The van der Waals surface area contributed by atoms with Crippen molar-refractivity contribution in [2.45, 2.75) is 25.2 Å². The predicted octanol–water partition coefficient (Wildman–Crippen LogP) is 4.15. The van der Waals surface area contributed by atoms with Crippen molar-refractivity contribution < 1.29 is 0 Å². The van der Waals surface area contributed by atoms with Gasteiger partial charge in [0, 0.05) is 0 Å². The van der Waals surface area contributed by atoms with Gasteiger partial charge in [-0.2, -0.15) is 0 Å². The Balaban J connectivity index is 2.14. The molecular weight excluding hydrogens is 165 g/mol. The molecule has 1 unspecified atom stereocenters. The molecule has 0 spiro atoms. The lowest BCUT2D eigenvalue weighted by atomic mass is 9.85. The molecule has 0 amide bonds. The fourth-order valence-electron chi connectivity index (χ4n) is 1.11. The van der Waals surface area contributed by atoms with Crippen LogP contribution in [0.15, 0.2) is 5.80 Å². The van der Waals surface area contributed by atoms with Crippen molar-refractivity contribution in [1.29, 1.82) is 0 Å². The van der Waals surface area contributed by atoms with E-state index in [1.165, 1.54) is 19.3 Å². The molecule has 0 aliphatic heterocycles. The van der Waals surface area contributed by atoms with Gasteiger partial charge < -0.3 is 0 Å². The van der Waals surface area contributed by atoms with Crippen LogP contribution in [0, 0.1) is 0 Å². The average molecular weight is 174 g/mol. The van der Waals surface area contributed by atoms with Crippen LogP contribution in [0.5, 0.6) is 0 Å². The van der Waals surface area contributed by atoms with Gasteiger partial charge >= 0.3 is 0 Å². The monoisotopic (exact) mass is 174 g/mol. The lowest BCUT2D eigenvalue weighted by molar-refractivity contribution is 0.426. The summed E-state index contributed by atoms with van der Waals surface area (Å²) >= 11 is 0. The largest absolute Gasteiger partial charge is 0.105 e. The minimum Gasteiger partial charge on any atom is -0.105 e. The van der Waals surface area contributed by atoms with Gasteiger partial charge in [0.25, 0.3) is 0 Å².